The number of aliphatic hydroxyl groups is 1. The van der Waals surface area contributed by atoms with Crippen LogP contribution in [-0.2, 0) is 0 Å². The second kappa shape index (κ2) is 12.9. The Morgan fingerprint density at radius 2 is 1.35 bits per heavy atom. The van der Waals surface area contributed by atoms with Gasteiger partial charge in [-0.25, -0.2) is 0 Å². The third kappa shape index (κ3) is 9.23. The van der Waals surface area contributed by atoms with E-state index in [0.29, 0.717) is 0 Å². The van der Waals surface area contributed by atoms with Crippen LogP contribution < -0.4 is 0 Å². The number of rotatable bonds is 12. The summed E-state index contributed by atoms with van der Waals surface area (Å²) >= 11 is -2.09. The Morgan fingerprint density at radius 1 is 0.900 bits per heavy atom. The van der Waals surface area contributed by atoms with E-state index in [9.17, 15) is 0 Å². The zero-order chi connectivity index (χ0) is 15.3. The molecule has 1 nitrogen and oxygen atoms in total. The number of unbranched alkanes of at least 4 members (excludes halogenated alkanes) is 3. The minimum atomic E-state index is -2.09. The Morgan fingerprint density at radius 3 is 1.70 bits per heavy atom. The average Bonchev–Trinajstić information content (AvgIpc) is 2.46. The third-order valence-electron chi connectivity index (χ3n) is 4.20. The molecule has 0 fully saturated rings. The van der Waals surface area contributed by atoms with Crippen LogP contribution in [0.15, 0.2) is 21.8 Å². The third-order valence-corrected chi connectivity index (χ3v) is 18.2. The van der Waals surface area contributed by atoms with Crippen LogP contribution in [0.2, 0.25) is 13.3 Å². The van der Waals surface area contributed by atoms with Gasteiger partial charge in [-0.15, -0.1) is 0 Å². The summed E-state index contributed by atoms with van der Waals surface area (Å²) in [5.74, 6) is 0. The van der Waals surface area contributed by atoms with E-state index in [4.69, 9.17) is 5.11 Å². The van der Waals surface area contributed by atoms with Crippen molar-refractivity contribution >= 4 is 18.4 Å². The van der Waals surface area contributed by atoms with Crippen LogP contribution in [-0.4, -0.2) is 30.1 Å². The van der Waals surface area contributed by atoms with Gasteiger partial charge in [0.05, 0.1) is 0 Å². The van der Waals surface area contributed by atoms with Crippen molar-refractivity contribution in [1.29, 1.82) is 0 Å². The maximum atomic E-state index is 9.00. The standard InChI is InChI=1S/C6H9O.3C4H9.Sn/c1-3-6(2)4-5-7;3*1-3-4-2;/h1,3-4,7H,5H2,2H3;3*1,3-4H2,2H3;/b3-1?,6-4+;;;;. The van der Waals surface area contributed by atoms with Gasteiger partial charge in [-0.1, -0.05) is 0 Å². The Kier molecular flexibility index (Phi) is 13.1. The summed E-state index contributed by atoms with van der Waals surface area (Å²) in [4.78, 5) is 0. The first-order valence-electron chi connectivity index (χ1n) is 8.61. The van der Waals surface area contributed by atoms with Gasteiger partial charge in [0.1, 0.15) is 0 Å². The van der Waals surface area contributed by atoms with E-state index in [1.165, 1.54) is 57.4 Å². The molecule has 2 heteroatoms. The zero-order valence-electron chi connectivity index (χ0n) is 14.3. The van der Waals surface area contributed by atoms with Gasteiger partial charge >= 0.3 is 131 Å². The number of hydrogen-bond acceptors (Lipinski definition) is 1. The summed E-state index contributed by atoms with van der Waals surface area (Å²) in [7, 11) is 0. The molecule has 0 unspecified atom stereocenters. The van der Waals surface area contributed by atoms with E-state index in [0.717, 1.165) is 0 Å². The molecule has 0 saturated carbocycles. The topological polar surface area (TPSA) is 20.2 Å². The molecule has 118 valence electrons. The first-order chi connectivity index (χ1) is 9.64. The molecule has 0 saturated heterocycles. The molecule has 0 spiro atoms. The van der Waals surface area contributed by atoms with Crippen LogP contribution in [0.3, 0.4) is 0 Å². The van der Waals surface area contributed by atoms with Gasteiger partial charge in [-0.05, 0) is 0 Å². The molecule has 0 aromatic carbocycles. The van der Waals surface area contributed by atoms with Crippen LogP contribution in [0.4, 0.5) is 0 Å². The minimum absolute atomic E-state index is 0.164. The Hall–Kier alpha value is 0.239. The van der Waals surface area contributed by atoms with E-state index in [1.54, 1.807) is 0 Å². The maximum absolute atomic E-state index is 9.00. The summed E-state index contributed by atoms with van der Waals surface area (Å²) in [6, 6.07) is 0. The van der Waals surface area contributed by atoms with Crippen molar-refractivity contribution in [2.75, 3.05) is 6.61 Å². The van der Waals surface area contributed by atoms with Gasteiger partial charge in [0, 0.05) is 0 Å². The summed E-state index contributed by atoms with van der Waals surface area (Å²) in [5.41, 5.74) is 1.23. The van der Waals surface area contributed by atoms with Crippen molar-refractivity contribution in [2.45, 2.75) is 79.5 Å². The fourth-order valence-corrected chi connectivity index (χ4v) is 17.1. The van der Waals surface area contributed by atoms with Gasteiger partial charge in [-0.2, -0.15) is 0 Å². The molecule has 20 heavy (non-hydrogen) atoms. The predicted octanol–water partition coefficient (Wildman–Crippen LogP) is 5.87. The average molecular weight is 387 g/mol. The van der Waals surface area contributed by atoms with Crippen LogP contribution in [0.25, 0.3) is 0 Å². The molecule has 0 amide bonds. The summed E-state index contributed by atoms with van der Waals surface area (Å²) in [5, 5.41) is 9.00. The van der Waals surface area contributed by atoms with Crippen molar-refractivity contribution in [3.05, 3.63) is 21.8 Å². The fraction of sp³-hybridized carbons (Fsp3) is 0.778. The molecule has 0 aliphatic rings. The van der Waals surface area contributed by atoms with Gasteiger partial charge in [0.25, 0.3) is 0 Å². The van der Waals surface area contributed by atoms with Gasteiger partial charge in [0.2, 0.25) is 0 Å². The molecule has 0 aromatic rings. The second-order valence-corrected chi connectivity index (χ2v) is 19.1. The molecule has 0 aromatic heterocycles. The molecule has 0 heterocycles. The summed E-state index contributed by atoms with van der Waals surface area (Å²) in [6.07, 6.45) is 12.5. The summed E-state index contributed by atoms with van der Waals surface area (Å²) in [6.45, 7) is 9.23. The predicted molar refractivity (Wildman–Crippen MR) is 94.9 cm³/mol. The Balaban J connectivity index is 4.96. The normalized spacial score (nSPS) is 13.3. The molecule has 0 atom stereocenters. The molecular weight excluding hydrogens is 351 g/mol. The van der Waals surface area contributed by atoms with Crippen molar-refractivity contribution in [2.24, 2.45) is 0 Å². The van der Waals surface area contributed by atoms with Crippen LogP contribution in [0.1, 0.15) is 66.2 Å². The van der Waals surface area contributed by atoms with Crippen LogP contribution in [0, 0.1) is 0 Å². The van der Waals surface area contributed by atoms with Gasteiger partial charge in [-0.3, -0.25) is 0 Å². The van der Waals surface area contributed by atoms with Gasteiger partial charge in [0.15, 0.2) is 0 Å². The molecule has 0 aliphatic heterocycles. The van der Waals surface area contributed by atoms with E-state index in [-0.39, 0.29) is 6.61 Å². The fourth-order valence-electron chi connectivity index (χ4n) is 2.73. The van der Waals surface area contributed by atoms with Gasteiger partial charge < -0.3 is 0 Å². The quantitative estimate of drug-likeness (QED) is 0.328. The van der Waals surface area contributed by atoms with Crippen molar-refractivity contribution in [3.63, 3.8) is 0 Å². The van der Waals surface area contributed by atoms with Crippen molar-refractivity contribution in [3.8, 4) is 0 Å². The Labute approximate surface area is 131 Å². The number of allylic oxidation sites excluding steroid dienone is 2. The van der Waals surface area contributed by atoms with E-state index >= 15 is 0 Å². The second-order valence-electron chi connectivity index (χ2n) is 6.14. The molecule has 0 radical (unpaired) electrons. The summed E-state index contributed by atoms with van der Waals surface area (Å²) < 4.78 is 7.23. The van der Waals surface area contributed by atoms with Crippen LogP contribution in [0.5, 0.6) is 0 Å². The first kappa shape index (κ1) is 20.2. The number of hydrogen-bond donors (Lipinski definition) is 1. The zero-order valence-corrected chi connectivity index (χ0v) is 17.1. The first-order valence-corrected chi connectivity index (χ1v) is 16.3. The molecule has 0 rings (SSSR count). The van der Waals surface area contributed by atoms with E-state index in [1.807, 2.05) is 6.08 Å². The Bertz CT molecular complexity index is 259. The van der Waals surface area contributed by atoms with E-state index in [2.05, 4.69) is 37.9 Å². The van der Waals surface area contributed by atoms with Crippen molar-refractivity contribution < 1.29 is 5.11 Å². The molecule has 0 bridgehead atoms. The number of aliphatic hydroxyl groups excluding tert-OH is 1. The molecular formula is C18H36OSn. The SMILES string of the molecule is CCC[CH2][Sn](/[CH]=C/C(C)=C/CO)([CH2]CCC)[CH2]CCC. The van der Waals surface area contributed by atoms with E-state index < -0.39 is 18.4 Å². The molecule has 0 aliphatic carbocycles. The van der Waals surface area contributed by atoms with Crippen LogP contribution >= 0.6 is 0 Å². The monoisotopic (exact) mass is 388 g/mol. The van der Waals surface area contributed by atoms with Crippen molar-refractivity contribution in [1.82, 2.24) is 0 Å². The molecule has 1 N–H and O–H groups in total.